The third-order valence-corrected chi connectivity index (χ3v) is 7.21. The second kappa shape index (κ2) is 8.69. The molecule has 0 aromatic heterocycles. The van der Waals surface area contributed by atoms with Crippen molar-refractivity contribution in [2.24, 2.45) is 17.8 Å². The Hall–Kier alpha value is -0.160. The van der Waals surface area contributed by atoms with E-state index in [1.807, 2.05) is 0 Å². The lowest BCUT2D eigenvalue weighted by atomic mass is 9.79. The zero-order valence-electron chi connectivity index (χ0n) is 17.0. The van der Waals surface area contributed by atoms with Crippen LogP contribution < -0.4 is 0 Å². The van der Waals surface area contributed by atoms with Gasteiger partial charge in [-0.2, -0.15) is 0 Å². The number of aliphatic hydroxyl groups excluding tert-OH is 1. The Morgan fingerprint density at radius 1 is 0.920 bits per heavy atom. The van der Waals surface area contributed by atoms with Crippen molar-refractivity contribution in [3.05, 3.63) is 0 Å². The summed E-state index contributed by atoms with van der Waals surface area (Å²) < 4.78 is 0. The molecule has 1 N–H and O–H groups in total. The van der Waals surface area contributed by atoms with Gasteiger partial charge in [0.05, 0.1) is 6.61 Å². The Kier molecular flexibility index (Phi) is 6.81. The minimum atomic E-state index is 0.323. The third kappa shape index (κ3) is 4.77. The van der Waals surface area contributed by atoms with Crippen molar-refractivity contribution in [3.8, 4) is 0 Å². The molecule has 1 saturated carbocycles. The quantitative estimate of drug-likeness (QED) is 0.796. The highest BCUT2D eigenvalue weighted by Crippen LogP contribution is 2.33. The van der Waals surface area contributed by atoms with Crippen LogP contribution in [0.1, 0.15) is 53.4 Å². The van der Waals surface area contributed by atoms with E-state index in [0.29, 0.717) is 18.7 Å². The Labute approximate surface area is 155 Å². The van der Waals surface area contributed by atoms with Crippen LogP contribution in [0.15, 0.2) is 0 Å². The summed E-state index contributed by atoms with van der Waals surface area (Å²) in [4.78, 5) is 7.85. The van der Waals surface area contributed by atoms with Gasteiger partial charge in [0.2, 0.25) is 0 Å². The fraction of sp³-hybridized carbons (Fsp3) is 1.00. The Bertz CT molecular complexity index is 400. The van der Waals surface area contributed by atoms with Crippen LogP contribution in [0.4, 0.5) is 0 Å². The van der Waals surface area contributed by atoms with Gasteiger partial charge in [0.1, 0.15) is 0 Å². The lowest BCUT2D eigenvalue weighted by molar-refractivity contribution is -0.0244. The zero-order chi connectivity index (χ0) is 18.0. The van der Waals surface area contributed by atoms with E-state index in [9.17, 15) is 5.11 Å². The Morgan fingerprint density at radius 2 is 1.60 bits per heavy atom. The van der Waals surface area contributed by atoms with Crippen LogP contribution in [0.25, 0.3) is 0 Å². The molecule has 0 unspecified atom stereocenters. The molecule has 2 heterocycles. The van der Waals surface area contributed by atoms with Gasteiger partial charge in [-0.05, 0) is 57.3 Å². The molecule has 146 valence electrons. The molecule has 25 heavy (non-hydrogen) atoms. The first kappa shape index (κ1) is 19.6. The molecule has 0 aromatic carbocycles. The van der Waals surface area contributed by atoms with Gasteiger partial charge < -0.3 is 14.9 Å². The standard InChI is InChI=1S/C21H41N3O/c1-16(2)19-5-7-20(8-6-19)24-10-9-22(14-21(24)15-25)11-18-12-23(13-18)17(3)4/h16-21,25H,5-15H2,1-4H3/t19?,20?,21-/m0/s1. The maximum Gasteiger partial charge on any atom is 0.0599 e. The van der Waals surface area contributed by atoms with E-state index >= 15 is 0 Å². The number of hydrogen-bond acceptors (Lipinski definition) is 4. The molecule has 3 fully saturated rings. The van der Waals surface area contributed by atoms with Gasteiger partial charge in [-0.3, -0.25) is 4.90 Å². The first-order chi connectivity index (χ1) is 12.0. The molecule has 0 spiro atoms. The van der Waals surface area contributed by atoms with E-state index in [0.717, 1.165) is 36.9 Å². The molecule has 0 aromatic rings. The molecule has 1 atom stereocenters. The highest BCUT2D eigenvalue weighted by molar-refractivity contribution is 4.91. The molecular formula is C21H41N3O. The van der Waals surface area contributed by atoms with E-state index in [1.165, 1.54) is 51.9 Å². The molecule has 0 radical (unpaired) electrons. The molecule has 0 amide bonds. The van der Waals surface area contributed by atoms with E-state index in [-0.39, 0.29) is 0 Å². The van der Waals surface area contributed by atoms with Crippen molar-refractivity contribution in [1.82, 2.24) is 14.7 Å². The molecule has 1 aliphatic carbocycles. The number of rotatable bonds is 6. The Balaban J connectivity index is 1.44. The van der Waals surface area contributed by atoms with Crippen molar-refractivity contribution in [2.75, 3.05) is 45.9 Å². The maximum atomic E-state index is 9.99. The van der Waals surface area contributed by atoms with E-state index in [4.69, 9.17) is 0 Å². The summed E-state index contributed by atoms with van der Waals surface area (Å²) >= 11 is 0. The number of aliphatic hydroxyl groups is 1. The molecular weight excluding hydrogens is 310 g/mol. The van der Waals surface area contributed by atoms with Gasteiger partial charge in [-0.25, -0.2) is 0 Å². The fourth-order valence-electron chi connectivity index (χ4n) is 5.35. The van der Waals surface area contributed by atoms with Crippen LogP contribution in [0.2, 0.25) is 0 Å². The molecule has 4 heteroatoms. The second-order valence-corrected chi connectivity index (χ2v) is 9.56. The van der Waals surface area contributed by atoms with Crippen molar-refractivity contribution in [2.45, 2.75) is 71.5 Å². The van der Waals surface area contributed by atoms with Gasteiger partial charge in [0.15, 0.2) is 0 Å². The van der Waals surface area contributed by atoms with Crippen molar-refractivity contribution in [1.29, 1.82) is 0 Å². The molecule has 3 rings (SSSR count). The van der Waals surface area contributed by atoms with Crippen LogP contribution in [0, 0.1) is 17.8 Å². The second-order valence-electron chi connectivity index (χ2n) is 9.56. The number of piperazine rings is 1. The average molecular weight is 352 g/mol. The van der Waals surface area contributed by atoms with Gasteiger partial charge in [0, 0.05) is 57.4 Å². The van der Waals surface area contributed by atoms with E-state index in [1.54, 1.807) is 0 Å². The van der Waals surface area contributed by atoms with Crippen LogP contribution in [-0.2, 0) is 0 Å². The normalized spacial score (nSPS) is 34.0. The third-order valence-electron chi connectivity index (χ3n) is 7.21. The van der Waals surface area contributed by atoms with Crippen LogP contribution in [-0.4, -0.2) is 83.8 Å². The van der Waals surface area contributed by atoms with Gasteiger partial charge >= 0.3 is 0 Å². The van der Waals surface area contributed by atoms with E-state index < -0.39 is 0 Å². The first-order valence-corrected chi connectivity index (χ1v) is 10.8. The molecule has 2 saturated heterocycles. The monoisotopic (exact) mass is 351 g/mol. The molecule has 0 bridgehead atoms. The summed E-state index contributed by atoms with van der Waals surface area (Å²) in [5, 5.41) is 9.99. The number of likely N-dealkylation sites (tertiary alicyclic amines) is 1. The first-order valence-electron chi connectivity index (χ1n) is 10.8. The molecule has 4 nitrogen and oxygen atoms in total. The predicted octanol–water partition coefficient (Wildman–Crippen LogP) is 2.52. The average Bonchev–Trinajstić information content (AvgIpc) is 2.57. The van der Waals surface area contributed by atoms with Crippen LogP contribution in [0.5, 0.6) is 0 Å². The highest BCUT2D eigenvalue weighted by atomic mass is 16.3. The lowest BCUT2D eigenvalue weighted by Gasteiger charge is -2.49. The van der Waals surface area contributed by atoms with Crippen molar-refractivity contribution >= 4 is 0 Å². The molecule has 2 aliphatic heterocycles. The summed E-state index contributed by atoms with van der Waals surface area (Å²) in [6, 6.07) is 1.77. The van der Waals surface area contributed by atoms with Crippen LogP contribution in [0.3, 0.4) is 0 Å². The Morgan fingerprint density at radius 3 is 2.16 bits per heavy atom. The fourth-order valence-corrected chi connectivity index (χ4v) is 5.35. The lowest BCUT2D eigenvalue weighted by Crippen LogP contribution is -2.61. The summed E-state index contributed by atoms with van der Waals surface area (Å²) in [6.07, 6.45) is 5.44. The minimum Gasteiger partial charge on any atom is -0.395 e. The SMILES string of the molecule is CC(C)C1CCC(N2CCN(CC3CN(C(C)C)C3)C[C@H]2CO)CC1. The van der Waals surface area contributed by atoms with Gasteiger partial charge in [-0.15, -0.1) is 0 Å². The molecule has 3 aliphatic rings. The van der Waals surface area contributed by atoms with Crippen molar-refractivity contribution < 1.29 is 5.11 Å². The topological polar surface area (TPSA) is 30.0 Å². The summed E-state index contributed by atoms with van der Waals surface area (Å²) in [6.45, 7) is 16.8. The van der Waals surface area contributed by atoms with Crippen LogP contribution >= 0.6 is 0 Å². The zero-order valence-corrected chi connectivity index (χ0v) is 17.0. The number of hydrogen-bond donors (Lipinski definition) is 1. The van der Waals surface area contributed by atoms with Gasteiger partial charge in [-0.1, -0.05) is 13.8 Å². The highest BCUT2D eigenvalue weighted by Gasteiger charge is 2.36. The predicted molar refractivity (Wildman–Crippen MR) is 105 cm³/mol. The van der Waals surface area contributed by atoms with Crippen molar-refractivity contribution in [3.63, 3.8) is 0 Å². The smallest absolute Gasteiger partial charge is 0.0599 e. The van der Waals surface area contributed by atoms with E-state index in [2.05, 4.69) is 42.4 Å². The maximum absolute atomic E-state index is 9.99. The summed E-state index contributed by atoms with van der Waals surface area (Å²) in [7, 11) is 0. The summed E-state index contributed by atoms with van der Waals surface area (Å²) in [5.74, 6) is 2.60. The summed E-state index contributed by atoms with van der Waals surface area (Å²) in [5.41, 5.74) is 0. The number of nitrogens with zero attached hydrogens (tertiary/aromatic N) is 3. The van der Waals surface area contributed by atoms with Gasteiger partial charge in [0.25, 0.3) is 0 Å². The largest absolute Gasteiger partial charge is 0.395 e. The minimum absolute atomic E-state index is 0.323.